The van der Waals surface area contributed by atoms with E-state index in [-0.39, 0.29) is 17.5 Å². The molecule has 0 fully saturated rings. The van der Waals surface area contributed by atoms with E-state index in [1.807, 2.05) is 0 Å². The van der Waals surface area contributed by atoms with Crippen LogP contribution in [0.5, 0.6) is 0 Å². The van der Waals surface area contributed by atoms with Crippen molar-refractivity contribution in [3.05, 3.63) is 24.3 Å². The summed E-state index contributed by atoms with van der Waals surface area (Å²) >= 11 is 0. The summed E-state index contributed by atoms with van der Waals surface area (Å²) < 4.78 is 31.0. The highest BCUT2D eigenvalue weighted by Crippen LogP contribution is 2.12. The van der Waals surface area contributed by atoms with Crippen molar-refractivity contribution in [1.29, 1.82) is 0 Å². The molecule has 5 nitrogen and oxygen atoms in total. The lowest BCUT2D eigenvalue weighted by molar-refractivity contribution is 0.122. The average Bonchev–Trinajstić information content (AvgIpc) is 2.26. The Labute approximate surface area is 95.7 Å². The number of nitrogen functional groups attached to an aromatic ring is 1. The van der Waals surface area contributed by atoms with Crippen LogP contribution in [-0.4, -0.2) is 28.2 Å². The molecule has 1 aromatic rings. The summed E-state index contributed by atoms with van der Waals surface area (Å²) in [6.45, 7) is 2.01. The molecular formula is C10H16N2O3S. The summed E-state index contributed by atoms with van der Waals surface area (Å²) in [5, 5.41) is 0. The smallest absolute Gasteiger partial charge is 0.240 e. The van der Waals surface area contributed by atoms with Crippen molar-refractivity contribution >= 4 is 15.7 Å². The van der Waals surface area contributed by atoms with Crippen molar-refractivity contribution in [2.24, 2.45) is 0 Å². The van der Waals surface area contributed by atoms with Crippen LogP contribution in [0.25, 0.3) is 0 Å². The molecule has 0 radical (unpaired) electrons. The molecule has 0 heterocycles. The van der Waals surface area contributed by atoms with Gasteiger partial charge in [0.2, 0.25) is 10.0 Å². The lowest BCUT2D eigenvalue weighted by atomic mass is 10.3. The molecule has 6 heteroatoms. The molecule has 1 atom stereocenters. The number of benzene rings is 1. The van der Waals surface area contributed by atoms with Gasteiger partial charge in [-0.15, -0.1) is 0 Å². The number of methoxy groups -OCH3 is 1. The molecular weight excluding hydrogens is 228 g/mol. The van der Waals surface area contributed by atoms with Gasteiger partial charge in [0.25, 0.3) is 0 Å². The Morgan fingerprint density at radius 3 is 2.75 bits per heavy atom. The molecule has 1 unspecified atom stereocenters. The summed E-state index contributed by atoms with van der Waals surface area (Å²) in [7, 11) is -1.97. The second-order valence-electron chi connectivity index (χ2n) is 3.47. The van der Waals surface area contributed by atoms with E-state index in [4.69, 9.17) is 10.5 Å². The van der Waals surface area contributed by atoms with E-state index in [0.717, 1.165) is 0 Å². The lowest BCUT2D eigenvalue weighted by Gasteiger charge is -2.11. The molecule has 0 spiro atoms. The Bertz CT molecular complexity index is 445. The van der Waals surface area contributed by atoms with Gasteiger partial charge in [0, 0.05) is 19.3 Å². The second-order valence-corrected chi connectivity index (χ2v) is 5.24. The van der Waals surface area contributed by atoms with Crippen molar-refractivity contribution in [3.63, 3.8) is 0 Å². The molecule has 1 aromatic carbocycles. The van der Waals surface area contributed by atoms with Crippen LogP contribution in [0, 0.1) is 0 Å². The quantitative estimate of drug-likeness (QED) is 0.742. The Kier molecular flexibility index (Phi) is 4.28. The number of nitrogens with one attached hydrogen (secondary N) is 1. The molecule has 1 rings (SSSR count). The number of sulfonamides is 1. The molecule has 90 valence electrons. The molecule has 0 saturated heterocycles. The minimum atomic E-state index is -3.50. The highest BCUT2D eigenvalue weighted by atomic mass is 32.2. The second kappa shape index (κ2) is 5.29. The first-order valence-corrected chi connectivity index (χ1v) is 6.32. The summed E-state index contributed by atoms with van der Waals surface area (Å²) in [4.78, 5) is 0.163. The third-order valence-electron chi connectivity index (χ3n) is 2.13. The zero-order chi connectivity index (χ0) is 12.2. The van der Waals surface area contributed by atoms with Gasteiger partial charge >= 0.3 is 0 Å². The third kappa shape index (κ3) is 3.48. The number of anilines is 1. The standard InChI is InChI=1S/C10H16N2O3S/c1-8(15-2)7-12-16(13,14)10-5-3-4-9(11)6-10/h3-6,8,12H,7,11H2,1-2H3. The summed E-state index contributed by atoms with van der Waals surface area (Å²) in [6, 6.07) is 6.15. The van der Waals surface area contributed by atoms with Crippen molar-refractivity contribution in [1.82, 2.24) is 4.72 Å². The van der Waals surface area contributed by atoms with Crippen molar-refractivity contribution in [2.75, 3.05) is 19.4 Å². The van der Waals surface area contributed by atoms with Crippen LogP contribution < -0.4 is 10.5 Å². The predicted molar refractivity (Wildman–Crippen MR) is 62.5 cm³/mol. The molecule has 3 N–H and O–H groups in total. The van der Waals surface area contributed by atoms with Gasteiger partial charge in [0.05, 0.1) is 11.0 Å². The van der Waals surface area contributed by atoms with Gasteiger partial charge in [-0.2, -0.15) is 0 Å². The van der Waals surface area contributed by atoms with E-state index in [0.29, 0.717) is 5.69 Å². The number of ether oxygens (including phenoxy) is 1. The highest BCUT2D eigenvalue weighted by Gasteiger charge is 2.14. The first kappa shape index (κ1) is 13.0. The number of nitrogens with two attached hydrogens (primary N) is 1. The topological polar surface area (TPSA) is 81.4 Å². The Hall–Kier alpha value is -1.11. The lowest BCUT2D eigenvalue weighted by Crippen LogP contribution is -2.31. The van der Waals surface area contributed by atoms with Gasteiger partial charge in [0.1, 0.15) is 0 Å². The maximum absolute atomic E-state index is 11.8. The van der Waals surface area contributed by atoms with Crippen LogP contribution in [0.4, 0.5) is 5.69 Å². The van der Waals surface area contributed by atoms with Crippen molar-refractivity contribution in [3.8, 4) is 0 Å². The van der Waals surface area contributed by atoms with Crippen LogP contribution in [0.3, 0.4) is 0 Å². The SMILES string of the molecule is COC(C)CNS(=O)(=O)c1cccc(N)c1. The fraction of sp³-hybridized carbons (Fsp3) is 0.400. The molecule has 16 heavy (non-hydrogen) atoms. The monoisotopic (exact) mass is 244 g/mol. The zero-order valence-electron chi connectivity index (χ0n) is 9.30. The third-order valence-corrected chi connectivity index (χ3v) is 3.55. The first-order valence-electron chi connectivity index (χ1n) is 4.83. The fourth-order valence-corrected chi connectivity index (χ4v) is 2.25. The minimum Gasteiger partial charge on any atom is -0.399 e. The Balaban J connectivity index is 2.78. The van der Waals surface area contributed by atoms with Gasteiger partial charge in [-0.3, -0.25) is 0 Å². The van der Waals surface area contributed by atoms with Gasteiger partial charge in [-0.05, 0) is 25.1 Å². The molecule has 0 saturated carbocycles. The molecule has 0 amide bonds. The van der Waals surface area contributed by atoms with E-state index >= 15 is 0 Å². The van der Waals surface area contributed by atoms with E-state index in [1.54, 1.807) is 19.1 Å². The molecule has 0 aliphatic heterocycles. The largest absolute Gasteiger partial charge is 0.399 e. The van der Waals surface area contributed by atoms with E-state index in [2.05, 4.69) is 4.72 Å². The van der Waals surface area contributed by atoms with Crippen LogP contribution in [0.2, 0.25) is 0 Å². The van der Waals surface area contributed by atoms with Gasteiger partial charge < -0.3 is 10.5 Å². The number of hydrogen-bond acceptors (Lipinski definition) is 4. The maximum atomic E-state index is 11.8. The Morgan fingerprint density at radius 2 is 2.19 bits per heavy atom. The van der Waals surface area contributed by atoms with Gasteiger partial charge in [-0.25, -0.2) is 13.1 Å². The van der Waals surface area contributed by atoms with Crippen LogP contribution in [0.15, 0.2) is 29.2 Å². The van der Waals surface area contributed by atoms with Crippen LogP contribution in [0.1, 0.15) is 6.92 Å². The number of rotatable bonds is 5. The summed E-state index contributed by atoms with van der Waals surface area (Å²) in [5.74, 6) is 0. The highest BCUT2D eigenvalue weighted by molar-refractivity contribution is 7.89. The normalized spacial score (nSPS) is 13.6. The zero-order valence-corrected chi connectivity index (χ0v) is 10.1. The van der Waals surface area contributed by atoms with Gasteiger partial charge in [0.15, 0.2) is 0 Å². The Morgan fingerprint density at radius 1 is 1.50 bits per heavy atom. The maximum Gasteiger partial charge on any atom is 0.240 e. The molecule has 0 aliphatic carbocycles. The van der Waals surface area contributed by atoms with Crippen LogP contribution in [-0.2, 0) is 14.8 Å². The molecule has 0 bridgehead atoms. The minimum absolute atomic E-state index is 0.163. The molecule has 0 aliphatic rings. The average molecular weight is 244 g/mol. The molecule has 0 aromatic heterocycles. The van der Waals surface area contributed by atoms with E-state index < -0.39 is 10.0 Å². The van der Waals surface area contributed by atoms with Crippen molar-refractivity contribution in [2.45, 2.75) is 17.9 Å². The van der Waals surface area contributed by atoms with E-state index in [1.165, 1.54) is 19.2 Å². The fourth-order valence-electron chi connectivity index (χ4n) is 1.08. The first-order chi connectivity index (χ1) is 7.45. The van der Waals surface area contributed by atoms with E-state index in [9.17, 15) is 8.42 Å². The summed E-state index contributed by atoms with van der Waals surface area (Å²) in [6.07, 6.45) is -0.171. The summed E-state index contributed by atoms with van der Waals surface area (Å²) in [5.41, 5.74) is 5.94. The van der Waals surface area contributed by atoms with Crippen molar-refractivity contribution < 1.29 is 13.2 Å². The number of hydrogen-bond donors (Lipinski definition) is 2. The van der Waals surface area contributed by atoms with Gasteiger partial charge in [-0.1, -0.05) is 6.07 Å². The predicted octanol–water partition coefficient (Wildman–Crippen LogP) is 0.582. The van der Waals surface area contributed by atoms with Crippen LogP contribution >= 0.6 is 0 Å².